The van der Waals surface area contributed by atoms with Gasteiger partial charge in [0.25, 0.3) is 0 Å². The molecule has 0 unspecified atom stereocenters. The first-order chi connectivity index (χ1) is 24.0. The minimum absolute atomic E-state index is 0.0397. The maximum atomic E-state index is 12.8. The lowest BCUT2D eigenvalue weighted by Gasteiger charge is -2.23. The number of aromatic hydroxyl groups is 1. The van der Waals surface area contributed by atoms with Crippen molar-refractivity contribution in [2.75, 3.05) is 6.61 Å². The predicted octanol–water partition coefficient (Wildman–Crippen LogP) is 14.4. The highest BCUT2D eigenvalue weighted by molar-refractivity contribution is 5.94. The van der Waals surface area contributed by atoms with Crippen molar-refractivity contribution in [3.63, 3.8) is 0 Å². The lowest BCUT2D eigenvalue weighted by atomic mass is 9.85. The molecule has 0 bridgehead atoms. The minimum Gasteiger partial charge on any atom is -0.504 e. The van der Waals surface area contributed by atoms with Crippen molar-refractivity contribution >= 4 is 5.97 Å². The number of aromatic carboxylic acids is 1. The molecule has 0 spiro atoms. The van der Waals surface area contributed by atoms with Crippen LogP contribution in [0.15, 0.2) is 0 Å². The van der Waals surface area contributed by atoms with Gasteiger partial charge in [0.1, 0.15) is 5.56 Å². The van der Waals surface area contributed by atoms with Crippen LogP contribution in [-0.2, 0) is 24.2 Å². The van der Waals surface area contributed by atoms with Gasteiger partial charge in [0.15, 0.2) is 5.75 Å². The first-order valence-electron chi connectivity index (χ1n) is 21.4. The molecule has 0 aliphatic carbocycles. The fraction of sp³-hybridized carbons (Fsp3) is 0.841. The van der Waals surface area contributed by atoms with Crippen molar-refractivity contribution in [2.24, 2.45) is 0 Å². The van der Waals surface area contributed by atoms with Crippen LogP contribution in [0.1, 0.15) is 241 Å². The molecule has 0 aromatic heterocycles. The lowest BCUT2D eigenvalue weighted by Crippen LogP contribution is -2.14. The monoisotopic (exact) mass is 689 g/mol. The number of phenols is 1. The molecule has 0 heterocycles. The second kappa shape index (κ2) is 32.2. The average Bonchev–Trinajstić information content (AvgIpc) is 3.09. The number of unbranched alkanes of at least 4 members (excludes halogenated alkanes) is 25. The summed E-state index contributed by atoms with van der Waals surface area (Å²) >= 11 is 0. The van der Waals surface area contributed by atoms with E-state index in [2.05, 4.69) is 27.7 Å². The molecule has 0 fully saturated rings. The Balaban J connectivity index is 3.21. The van der Waals surface area contributed by atoms with Crippen molar-refractivity contribution in [3.8, 4) is 11.5 Å². The molecule has 2 N–H and O–H groups in total. The van der Waals surface area contributed by atoms with Crippen LogP contribution in [0.25, 0.3) is 0 Å². The highest BCUT2D eigenvalue weighted by atomic mass is 17.2. The van der Waals surface area contributed by atoms with E-state index in [-0.39, 0.29) is 17.1 Å². The van der Waals surface area contributed by atoms with Gasteiger partial charge in [-0.25, -0.2) is 4.79 Å². The molecule has 0 saturated carbocycles. The normalized spacial score (nSPS) is 11.4. The van der Waals surface area contributed by atoms with Crippen LogP contribution >= 0.6 is 0 Å². The van der Waals surface area contributed by atoms with Gasteiger partial charge in [-0.15, -0.1) is 0 Å². The maximum absolute atomic E-state index is 12.8. The molecule has 0 saturated heterocycles. The Labute approximate surface area is 303 Å². The Hall–Kier alpha value is -1.75. The van der Waals surface area contributed by atoms with Crippen molar-refractivity contribution in [3.05, 3.63) is 22.3 Å². The molecule has 5 nitrogen and oxygen atoms in total. The quantitative estimate of drug-likeness (QED) is 0.0417. The Kier molecular flexibility index (Phi) is 29.7. The highest BCUT2D eigenvalue weighted by Crippen LogP contribution is 2.42. The highest BCUT2D eigenvalue weighted by Gasteiger charge is 2.28. The summed E-state index contributed by atoms with van der Waals surface area (Å²) in [4.78, 5) is 24.5. The lowest BCUT2D eigenvalue weighted by molar-refractivity contribution is -0.208. The van der Waals surface area contributed by atoms with Gasteiger partial charge in [0, 0.05) is 5.56 Å². The number of hydrogen-bond donors (Lipinski definition) is 2. The smallest absolute Gasteiger partial charge is 0.339 e. The van der Waals surface area contributed by atoms with Crippen LogP contribution in [0, 0.1) is 0 Å². The maximum Gasteiger partial charge on any atom is 0.339 e. The molecule has 0 aliphatic heterocycles. The molecule has 0 amide bonds. The number of hydrogen-bond acceptors (Lipinski definition) is 4. The van der Waals surface area contributed by atoms with Crippen LogP contribution in [0.3, 0.4) is 0 Å². The fourth-order valence-corrected chi connectivity index (χ4v) is 7.20. The third-order valence-electron chi connectivity index (χ3n) is 10.3. The Bertz CT molecular complexity index is 927. The molecule has 286 valence electrons. The van der Waals surface area contributed by atoms with Gasteiger partial charge in [-0.2, -0.15) is 4.89 Å². The molecule has 49 heavy (non-hydrogen) atoms. The Morgan fingerprint density at radius 1 is 0.449 bits per heavy atom. The van der Waals surface area contributed by atoms with Gasteiger partial charge in [-0.3, -0.25) is 0 Å². The zero-order chi connectivity index (χ0) is 35.8. The fourth-order valence-electron chi connectivity index (χ4n) is 7.20. The molecular weight excluding hydrogens is 608 g/mol. The first-order valence-corrected chi connectivity index (χ1v) is 21.4. The van der Waals surface area contributed by atoms with E-state index in [1.54, 1.807) is 0 Å². The molecule has 0 aliphatic rings. The van der Waals surface area contributed by atoms with Crippen LogP contribution in [0.4, 0.5) is 0 Å². The molecular formula is C44H80O5. The second-order valence-electron chi connectivity index (χ2n) is 14.8. The first kappa shape index (κ1) is 45.3. The van der Waals surface area contributed by atoms with Gasteiger partial charge in [0.2, 0.25) is 5.75 Å². The molecule has 1 aromatic rings. The van der Waals surface area contributed by atoms with Gasteiger partial charge in [-0.1, -0.05) is 188 Å². The standard InChI is InChI=1S/C44H80O5/c1-5-9-13-17-21-25-29-33-37-48-49-43-40(36-32-28-24-20-16-12-8-4)38(34-30-26-22-18-14-10-6-2)39(41(42(43)45)44(46)47)35-31-27-23-19-15-11-7-3/h45H,5-37H2,1-4H3,(H,46,47). The summed E-state index contributed by atoms with van der Waals surface area (Å²) in [6.45, 7) is 9.44. The Morgan fingerprint density at radius 2 is 0.776 bits per heavy atom. The number of rotatable bonds is 36. The molecule has 0 atom stereocenters. The van der Waals surface area contributed by atoms with E-state index >= 15 is 0 Å². The third-order valence-corrected chi connectivity index (χ3v) is 10.3. The summed E-state index contributed by atoms with van der Waals surface area (Å²) in [6, 6.07) is 0. The topological polar surface area (TPSA) is 76.0 Å². The van der Waals surface area contributed by atoms with Gasteiger partial charge < -0.3 is 15.1 Å². The minimum atomic E-state index is -1.06. The summed E-state index contributed by atoms with van der Waals surface area (Å²) in [5.74, 6) is -1.03. The van der Waals surface area contributed by atoms with Crippen LogP contribution in [-0.4, -0.2) is 22.8 Å². The van der Waals surface area contributed by atoms with Crippen molar-refractivity contribution in [1.29, 1.82) is 0 Å². The second-order valence-corrected chi connectivity index (χ2v) is 14.8. The average molecular weight is 689 g/mol. The van der Waals surface area contributed by atoms with E-state index in [0.717, 1.165) is 80.9 Å². The van der Waals surface area contributed by atoms with E-state index in [0.29, 0.717) is 13.0 Å². The zero-order valence-corrected chi connectivity index (χ0v) is 33.0. The number of carboxylic acids is 1. The van der Waals surface area contributed by atoms with E-state index in [4.69, 9.17) is 9.78 Å². The number of benzene rings is 1. The van der Waals surface area contributed by atoms with Crippen LogP contribution in [0.2, 0.25) is 0 Å². The third kappa shape index (κ3) is 21.3. The van der Waals surface area contributed by atoms with E-state index < -0.39 is 5.97 Å². The molecule has 0 radical (unpaired) electrons. The van der Waals surface area contributed by atoms with Gasteiger partial charge in [0.05, 0.1) is 6.61 Å². The summed E-state index contributed by atoms with van der Waals surface area (Å²) in [5, 5.41) is 22.1. The van der Waals surface area contributed by atoms with E-state index in [9.17, 15) is 15.0 Å². The zero-order valence-electron chi connectivity index (χ0n) is 33.0. The van der Waals surface area contributed by atoms with Crippen LogP contribution in [0.5, 0.6) is 11.5 Å². The van der Waals surface area contributed by atoms with Crippen molar-refractivity contribution in [2.45, 2.75) is 233 Å². The molecule has 1 aromatic carbocycles. The van der Waals surface area contributed by atoms with Gasteiger partial charge >= 0.3 is 5.97 Å². The molecule has 1 rings (SSSR count). The Morgan fingerprint density at radius 3 is 1.16 bits per heavy atom. The largest absolute Gasteiger partial charge is 0.504 e. The van der Waals surface area contributed by atoms with E-state index in [1.165, 1.54) is 135 Å². The van der Waals surface area contributed by atoms with Crippen molar-refractivity contribution < 1.29 is 24.8 Å². The van der Waals surface area contributed by atoms with Crippen molar-refractivity contribution in [1.82, 2.24) is 0 Å². The molecule has 5 heteroatoms. The SMILES string of the molecule is CCCCCCCCCCOOc1c(O)c(C(=O)O)c(CCCCCCCCC)c(CCCCCCCCC)c1CCCCCCCCC. The summed E-state index contributed by atoms with van der Waals surface area (Å²) in [6.07, 6.45) is 37.1. The predicted molar refractivity (Wildman–Crippen MR) is 209 cm³/mol. The van der Waals surface area contributed by atoms with E-state index in [1.807, 2.05) is 0 Å². The number of carbonyl (C=O) groups is 1. The summed E-state index contributed by atoms with van der Waals surface area (Å²) < 4.78 is 0. The summed E-state index contributed by atoms with van der Waals surface area (Å²) in [7, 11) is 0. The number of carboxylic acid groups (broad SMARTS) is 1. The van der Waals surface area contributed by atoms with Crippen LogP contribution < -0.4 is 4.89 Å². The van der Waals surface area contributed by atoms with Gasteiger partial charge in [-0.05, 0) is 56.1 Å². The summed E-state index contributed by atoms with van der Waals surface area (Å²) in [5.41, 5.74) is 3.00.